The molecule has 1 fully saturated rings. The summed E-state index contributed by atoms with van der Waals surface area (Å²) in [4.78, 5) is 0. The van der Waals surface area contributed by atoms with Crippen molar-refractivity contribution in [2.45, 2.75) is 58.4 Å². The number of aryl methyl sites for hydroxylation is 1. The Balaban J connectivity index is 2.00. The minimum absolute atomic E-state index is 0.114. The Hall–Kier alpha value is -0.890. The van der Waals surface area contributed by atoms with Crippen molar-refractivity contribution in [3.8, 4) is 0 Å². The zero-order valence-electron chi connectivity index (χ0n) is 12.2. The first-order valence-corrected chi connectivity index (χ1v) is 7.67. The first kappa shape index (κ1) is 14.5. The molecule has 1 nitrogen and oxygen atoms in total. The van der Waals surface area contributed by atoms with Crippen LogP contribution in [0, 0.1) is 18.7 Å². The van der Waals surface area contributed by atoms with Crippen LogP contribution in [0.4, 0.5) is 4.39 Å². The molecule has 1 atom stereocenters. The van der Waals surface area contributed by atoms with Gasteiger partial charge in [0.15, 0.2) is 0 Å². The summed E-state index contributed by atoms with van der Waals surface area (Å²) in [5.74, 6) is 0.759. The van der Waals surface area contributed by atoms with E-state index in [1.807, 2.05) is 6.07 Å². The first-order chi connectivity index (χ1) is 9.19. The molecular weight excluding hydrogens is 237 g/mol. The molecule has 19 heavy (non-hydrogen) atoms. The molecule has 0 saturated heterocycles. The average molecular weight is 263 g/mol. The molecule has 2 heteroatoms. The zero-order valence-corrected chi connectivity index (χ0v) is 12.2. The van der Waals surface area contributed by atoms with Crippen LogP contribution < -0.4 is 5.32 Å². The minimum Gasteiger partial charge on any atom is -0.314 e. The van der Waals surface area contributed by atoms with Gasteiger partial charge in [-0.05, 0) is 55.5 Å². The molecule has 1 saturated carbocycles. The fourth-order valence-corrected chi connectivity index (χ4v) is 3.30. The number of benzene rings is 1. The molecule has 106 valence electrons. The van der Waals surface area contributed by atoms with Crippen molar-refractivity contribution >= 4 is 0 Å². The summed E-state index contributed by atoms with van der Waals surface area (Å²) in [6.07, 6.45) is 7.73. The molecule has 0 radical (unpaired) electrons. The van der Waals surface area contributed by atoms with Crippen molar-refractivity contribution in [3.63, 3.8) is 0 Å². The number of rotatable bonds is 6. The van der Waals surface area contributed by atoms with Crippen LogP contribution in [0.5, 0.6) is 0 Å². The highest BCUT2D eigenvalue weighted by molar-refractivity contribution is 5.27. The van der Waals surface area contributed by atoms with Crippen LogP contribution >= 0.6 is 0 Å². The molecule has 1 aromatic rings. The van der Waals surface area contributed by atoms with Crippen molar-refractivity contribution < 1.29 is 4.39 Å². The number of nitrogens with one attached hydrogen (secondary N) is 1. The van der Waals surface area contributed by atoms with Crippen molar-refractivity contribution in [2.24, 2.45) is 5.92 Å². The molecule has 1 aliphatic carbocycles. The summed E-state index contributed by atoms with van der Waals surface area (Å²) in [5.41, 5.74) is 2.36. The summed E-state index contributed by atoms with van der Waals surface area (Å²) >= 11 is 0. The Morgan fingerprint density at radius 1 is 1.32 bits per heavy atom. The van der Waals surface area contributed by atoms with Crippen LogP contribution in [0.3, 0.4) is 0 Å². The quantitative estimate of drug-likeness (QED) is 0.809. The molecule has 2 rings (SSSR count). The van der Waals surface area contributed by atoms with Crippen molar-refractivity contribution in [3.05, 3.63) is 35.1 Å². The van der Waals surface area contributed by atoms with Gasteiger partial charge in [-0.15, -0.1) is 0 Å². The van der Waals surface area contributed by atoms with Crippen LogP contribution in [0.25, 0.3) is 0 Å². The fraction of sp³-hybridized carbons (Fsp3) is 0.647. The highest BCUT2D eigenvalue weighted by Crippen LogP contribution is 2.29. The SMILES string of the molecule is CCNC(Cc1cc(F)ccc1C)CC1CCCC1. The fourth-order valence-electron chi connectivity index (χ4n) is 3.30. The lowest BCUT2D eigenvalue weighted by molar-refractivity contribution is 0.389. The van der Waals surface area contributed by atoms with E-state index in [9.17, 15) is 4.39 Å². The predicted molar refractivity (Wildman–Crippen MR) is 78.9 cm³/mol. The van der Waals surface area contributed by atoms with Gasteiger partial charge in [0.2, 0.25) is 0 Å². The molecule has 1 unspecified atom stereocenters. The van der Waals surface area contributed by atoms with Crippen LogP contribution in [0.1, 0.15) is 50.2 Å². The minimum atomic E-state index is -0.114. The lowest BCUT2D eigenvalue weighted by Gasteiger charge is -2.22. The first-order valence-electron chi connectivity index (χ1n) is 7.67. The summed E-state index contributed by atoms with van der Waals surface area (Å²) in [5, 5.41) is 3.58. The van der Waals surface area contributed by atoms with Gasteiger partial charge in [0.1, 0.15) is 5.82 Å². The van der Waals surface area contributed by atoms with E-state index in [4.69, 9.17) is 0 Å². The third kappa shape index (κ3) is 4.31. The normalized spacial score (nSPS) is 17.8. The molecular formula is C17H26FN. The highest BCUT2D eigenvalue weighted by Gasteiger charge is 2.20. The van der Waals surface area contributed by atoms with E-state index < -0.39 is 0 Å². The Morgan fingerprint density at radius 2 is 2.05 bits per heavy atom. The summed E-state index contributed by atoms with van der Waals surface area (Å²) in [7, 11) is 0. The van der Waals surface area contributed by atoms with E-state index in [0.29, 0.717) is 6.04 Å². The number of hydrogen-bond donors (Lipinski definition) is 1. The molecule has 0 aromatic heterocycles. The van der Waals surface area contributed by atoms with Gasteiger partial charge in [-0.1, -0.05) is 38.7 Å². The van der Waals surface area contributed by atoms with Crippen LogP contribution in [0.2, 0.25) is 0 Å². The molecule has 1 aromatic carbocycles. The van der Waals surface area contributed by atoms with E-state index in [2.05, 4.69) is 19.2 Å². The third-order valence-corrected chi connectivity index (χ3v) is 4.36. The highest BCUT2D eigenvalue weighted by atomic mass is 19.1. The number of hydrogen-bond acceptors (Lipinski definition) is 1. The summed E-state index contributed by atoms with van der Waals surface area (Å²) in [6, 6.07) is 5.64. The largest absolute Gasteiger partial charge is 0.314 e. The predicted octanol–water partition coefficient (Wildman–Crippen LogP) is 4.24. The van der Waals surface area contributed by atoms with Gasteiger partial charge in [0.05, 0.1) is 0 Å². The zero-order chi connectivity index (χ0) is 13.7. The standard InChI is InChI=1S/C17H26FN/c1-3-19-17(10-14-6-4-5-7-14)12-15-11-16(18)9-8-13(15)2/h8-9,11,14,17,19H,3-7,10,12H2,1-2H3. The van der Waals surface area contributed by atoms with Gasteiger partial charge < -0.3 is 5.32 Å². The average Bonchev–Trinajstić information content (AvgIpc) is 2.87. The van der Waals surface area contributed by atoms with Gasteiger partial charge in [0.25, 0.3) is 0 Å². The Bertz CT molecular complexity index is 396. The maximum Gasteiger partial charge on any atom is 0.123 e. The lowest BCUT2D eigenvalue weighted by Crippen LogP contribution is -2.33. The van der Waals surface area contributed by atoms with Crippen LogP contribution in [-0.4, -0.2) is 12.6 Å². The number of likely N-dealkylation sites (N-methyl/N-ethyl adjacent to an activating group) is 1. The van der Waals surface area contributed by atoms with E-state index in [0.717, 1.165) is 24.4 Å². The second kappa shape index (κ2) is 7.04. The van der Waals surface area contributed by atoms with Crippen molar-refractivity contribution in [1.82, 2.24) is 5.32 Å². The van der Waals surface area contributed by atoms with E-state index in [-0.39, 0.29) is 5.82 Å². The third-order valence-electron chi connectivity index (χ3n) is 4.36. The maximum atomic E-state index is 13.4. The van der Waals surface area contributed by atoms with Gasteiger partial charge in [0, 0.05) is 6.04 Å². The van der Waals surface area contributed by atoms with Gasteiger partial charge in [-0.3, -0.25) is 0 Å². The van der Waals surface area contributed by atoms with E-state index >= 15 is 0 Å². The maximum absolute atomic E-state index is 13.4. The molecule has 1 aliphatic rings. The lowest BCUT2D eigenvalue weighted by atomic mass is 9.92. The summed E-state index contributed by atoms with van der Waals surface area (Å²) < 4.78 is 13.4. The molecule has 0 spiro atoms. The Kier molecular flexibility index (Phi) is 5.38. The Morgan fingerprint density at radius 3 is 2.74 bits per heavy atom. The molecule has 0 aliphatic heterocycles. The van der Waals surface area contributed by atoms with Gasteiger partial charge in [-0.2, -0.15) is 0 Å². The van der Waals surface area contributed by atoms with Crippen molar-refractivity contribution in [2.75, 3.05) is 6.54 Å². The molecule has 0 amide bonds. The second-order valence-corrected chi connectivity index (χ2v) is 5.92. The summed E-state index contributed by atoms with van der Waals surface area (Å²) in [6.45, 7) is 5.22. The number of halogens is 1. The monoisotopic (exact) mass is 263 g/mol. The Labute approximate surface area is 116 Å². The van der Waals surface area contributed by atoms with Gasteiger partial charge in [-0.25, -0.2) is 4.39 Å². The second-order valence-electron chi connectivity index (χ2n) is 5.92. The molecule has 0 bridgehead atoms. The molecule has 0 heterocycles. The van der Waals surface area contributed by atoms with Crippen LogP contribution in [0.15, 0.2) is 18.2 Å². The van der Waals surface area contributed by atoms with Crippen molar-refractivity contribution in [1.29, 1.82) is 0 Å². The van der Waals surface area contributed by atoms with Crippen LogP contribution in [-0.2, 0) is 6.42 Å². The van der Waals surface area contributed by atoms with Gasteiger partial charge >= 0.3 is 0 Å². The smallest absolute Gasteiger partial charge is 0.123 e. The molecule has 1 N–H and O–H groups in total. The topological polar surface area (TPSA) is 12.0 Å². The van der Waals surface area contributed by atoms with E-state index in [1.54, 1.807) is 12.1 Å². The van der Waals surface area contributed by atoms with E-state index in [1.165, 1.54) is 37.7 Å².